The Morgan fingerprint density at radius 1 is 0.739 bits per heavy atom. The highest BCUT2D eigenvalue weighted by molar-refractivity contribution is 5.78. The van der Waals surface area contributed by atoms with Gasteiger partial charge in [-0.1, -0.05) is 25.7 Å². The van der Waals surface area contributed by atoms with Gasteiger partial charge in [-0.25, -0.2) is 0 Å². The smallest absolute Gasteiger partial charge is 0.236 e. The van der Waals surface area contributed by atoms with Crippen LogP contribution in [0.4, 0.5) is 0 Å². The van der Waals surface area contributed by atoms with Crippen LogP contribution in [0.25, 0.3) is 0 Å². The molecule has 0 aromatic carbocycles. The van der Waals surface area contributed by atoms with E-state index in [0.29, 0.717) is 12.5 Å². The van der Waals surface area contributed by atoms with E-state index in [1.54, 1.807) is 0 Å². The molecule has 23 heavy (non-hydrogen) atoms. The SMILES string of the molecule is O=C(CCC1CCCC1)N1CCN(CC(=O)N2CCCC2)CC1. The average Bonchev–Trinajstić information content (AvgIpc) is 3.26. The summed E-state index contributed by atoms with van der Waals surface area (Å²) in [6, 6.07) is 0. The molecule has 0 aromatic rings. The Balaban J connectivity index is 1.34. The molecule has 0 unspecified atom stereocenters. The highest BCUT2D eigenvalue weighted by Crippen LogP contribution is 2.28. The summed E-state index contributed by atoms with van der Waals surface area (Å²) >= 11 is 0. The van der Waals surface area contributed by atoms with Crippen LogP contribution in [0.3, 0.4) is 0 Å². The Kier molecular flexibility index (Phi) is 5.92. The predicted octanol–water partition coefficient (Wildman–Crippen LogP) is 1.72. The molecule has 3 aliphatic rings. The fourth-order valence-electron chi connectivity index (χ4n) is 4.20. The fraction of sp³-hybridized carbons (Fsp3) is 0.889. The first-order chi connectivity index (χ1) is 11.2. The van der Waals surface area contributed by atoms with Crippen molar-refractivity contribution in [3.63, 3.8) is 0 Å². The first kappa shape index (κ1) is 16.7. The number of nitrogens with zero attached hydrogens (tertiary/aromatic N) is 3. The van der Waals surface area contributed by atoms with Crippen molar-refractivity contribution in [2.75, 3.05) is 45.8 Å². The molecule has 0 N–H and O–H groups in total. The molecule has 3 fully saturated rings. The molecule has 0 radical (unpaired) electrons. The fourth-order valence-corrected chi connectivity index (χ4v) is 4.20. The number of rotatable bonds is 5. The lowest BCUT2D eigenvalue weighted by Gasteiger charge is -2.35. The predicted molar refractivity (Wildman–Crippen MR) is 90.0 cm³/mol. The van der Waals surface area contributed by atoms with E-state index >= 15 is 0 Å². The monoisotopic (exact) mass is 321 g/mol. The van der Waals surface area contributed by atoms with Gasteiger partial charge in [0.05, 0.1) is 6.54 Å². The van der Waals surface area contributed by atoms with E-state index in [0.717, 1.165) is 70.9 Å². The molecule has 130 valence electrons. The van der Waals surface area contributed by atoms with Crippen LogP contribution >= 0.6 is 0 Å². The number of hydrogen-bond donors (Lipinski definition) is 0. The maximum atomic E-state index is 12.3. The highest BCUT2D eigenvalue weighted by Gasteiger charge is 2.25. The molecule has 0 bridgehead atoms. The minimum atomic E-state index is 0.267. The van der Waals surface area contributed by atoms with E-state index in [2.05, 4.69) is 4.90 Å². The lowest BCUT2D eigenvalue weighted by molar-refractivity contribution is -0.134. The maximum absolute atomic E-state index is 12.3. The molecule has 3 rings (SSSR count). The normalized spacial score (nSPS) is 23.7. The van der Waals surface area contributed by atoms with Crippen molar-refractivity contribution in [3.8, 4) is 0 Å². The van der Waals surface area contributed by atoms with Crippen molar-refractivity contribution in [2.45, 2.75) is 51.4 Å². The molecule has 2 saturated heterocycles. The topological polar surface area (TPSA) is 43.9 Å². The maximum Gasteiger partial charge on any atom is 0.236 e. The van der Waals surface area contributed by atoms with Gasteiger partial charge in [-0.2, -0.15) is 0 Å². The Labute approximate surface area is 140 Å². The summed E-state index contributed by atoms with van der Waals surface area (Å²) < 4.78 is 0. The number of carbonyl (C=O) groups excluding carboxylic acids is 2. The lowest BCUT2D eigenvalue weighted by Crippen LogP contribution is -2.51. The van der Waals surface area contributed by atoms with Gasteiger partial charge in [0.15, 0.2) is 0 Å². The molecule has 5 heteroatoms. The van der Waals surface area contributed by atoms with Gasteiger partial charge in [0.2, 0.25) is 11.8 Å². The average molecular weight is 321 g/mol. The molecule has 1 aliphatic carbocycles. The number of hydrogen-bond acceptors (Lipinski definition) is 3. The van der Waals surface area contributed by atoms with Crippen LogP contribution in [0.5, 0.6) is 0 Å². The highest BCUT2D eigenvalue weighted by atomic mass is 16.2. The Morgan fingerprint density at radius 2 is 1.35 bits per heavy atom. The molecule has 2 amide bonds. The standard InChI is InChI=1S/C18H31N3O2/c22-17(8-7-16-5-1-2-6-16)21-13-11-19(12-14-21)15-18(23)20-9-3-4-10-20/h16H,1-15H2. The van der Waals surface area contributed by atoms with Crippen LogP contribution in [-0.4, -0.2) is 72.3 Å². The number of amides is 2. The van der Waals surface area contributed by atoms with Gasteiger partial charge >= 0.3 is 0 Å². The number of piperazine rings is 1. The molecular formula is C18H31N3O2. The second kappa shape index (κ2) is 8.13. The number of carbonyl (C=O) groups is 2. The third kappa shape index (κ3) is 4.69. The van der Waals surface area contributed by atoms with Crippen molar-refractivity contribution in [3.05, 3.63) is 0 Å². The Hall–Kier alpha value is -1.10. The van der Waals surface area contributed by atoms with Crippen LogP contribution in [0.15, 0.2) is 0 Å². The zero-order valence-corrected chi connectivity index (χ0v) is 14.3. The summed E-state index contributed by atoms with van der Waals surface area (Å²) in [6.07, 6.45) is 9.43. The van der Waals surface area contributed by atoms with E-state index in [1.165, 1.54) is 25.7 Å². The first-order valence-electron chi connectivity index (χ1n) is 9.50. The number of likely N-dealkylation sites (tertiary alicyclic amines) is 1. The molecule has 0 aromatic heterocycles. The first-order valence-corrected chi connectivity index (χ1v) is 9.50. The zero-order valence-electron chi connectivity index (χ0n) is 14.3. The van der Waals surface area contributed by atoms with Crippen molar-refractivity contribution in [1.29, 1.82) is 0 Å². The molecule has 0 spiro atoms. The Bertz CT molecular complexity index is 406. The molecule has 5 nitrogen and oxygen atoms in total. The molecule has 2 aliphatic heterocycles. The van der Waals surface area contributed by atoms with Crippen molar-refractivity contribution in [1.82, 2.24) is 14.7 Å². The van der Waals surface area contributed by atoms with Crippen LogP contribution in [0, 0.1) is 5.92 Å². The van der Waals surface area contributed by atoms with Crippen LogP contribution in [-0.2, 0) is 9.59 Å². The quantitative estimate of drug-likeness (QED) is 0.774. The summed E-state index contributed by atoms with van der Waals surface area (Å²) in [5, 5.41) is 0. The van der Waals surface area contributed by atoms with E-state index in [9.17, 15) is 9.59 Å². The Morgan fingerprint density at radius 3 is 2.00 bits per heavy atom. The van der Waals surface area contributed by atoms with Gasteiger partial charge in [-0.05, 0) is 25.2 Å². The summed E-state index contributed by atoms with van der Waals surface area (Å²) in [5.74, 6) is 1.38. The van der Waals surface area contributed by atoms with Crippen molar-refractivity contribution < 1.29 is 9.59 Å². The van der Waals surface area contributed by atoms with Crippen molar-refractivity contribution in [2.24, 2.45) is 5.92 Å². The molecular weight excluding hydrogens is 290 g/mol. The lowest BCUT2D eigenvalue weighted by atomic mass is 10.0. The summed E-state index contributed by atoms with van der Waals surface area (Å²) in [4.78, 5) is 30.7. The van der Waals surface area contributed by atoms with E-state index in [-0.39, 0.29) is 5.91 Å². The summed E-state index contributed by atoms with van der Waals surface area (Å²) in [6.45, 7) is 5.65. The van der Waals surface area contributed by atoms with E-state index < -0.39 is 0 Å². The van der Waals surface area contributed by atoms with Crippen LogP contribution in [0.1, 0.15) is 51.4 Å². The second-order valence-corrected chi connectivity index (χ2v) is 7.43. The van der Waals surface area contributed by atoms with E-state index in [1.807, 2.05) is 9.80 Å². The van der Waals surface area contributed by atoms with Crippen LogP contribution < -0.4 is 0 Å². The van der Waals surface area contributed by atoms with Gasteiger partial charge in [0.25, 0.3) is 0 Å². The van der Waals surface area contributed by atoms with Gasteiger partial charge in [0.1, 0.15) is 0 Å². The third-order valence-corrected chi connectivity index (χ3v) is 5.78. The van der Waals surface area contributed by atoms with Crippen molar-refractivity contribution >= 4 is 11.8 Å². The van der Waals surface area contributed by atoms with Gasteiger partial charge < -0.3 is 9.80 Å². The summed E-state index contributed by atoms with van der Waals surface area (Å²) in [5.41, 5.74) is 0. The largest absolute Gasteiger partial charge is 0.342 e. The summed E-state index contributed by atoms with van der Waals surface area (Å²) in [7, 11) is 0. The van der Waals surface area contributed by atoms with E-state index in [4.69, 9.17) is 0 Å². The molecule has 0 atom stereocenters. The minimum absolute atomic E-state index is 0.267. The van der Waals surface area contributed by atoms with Gasteiger partial charge in [0, 0.05) is 45.7 Å². The van der Waals surface area contributed by atoms with Gasteiger partial charge in [-0.3, -0.25) is 14.5 Å². The third-order valence-electron chi connectivity index (χ3n) is 5.78. The minimum Gasteiger partial charge on any atom is -0.342 e. The van der Waals surface area contributed by atoms with Crippen LogP contribution in [0.2, 0.25) is 0 Å². The molecule has 1 saturated carbocycles. The zero-order chi connectivity index (χ0) is 16.1. The second-order valence-electron chi connectivity index (χ2n) is 7.43. The molecule has 2 heterocycles. The van der Waals surface area contributed by atoms with Gasteiger partial charge in [-0.15, -0.1) is 0 Å².